The quantitative estimate of drug-likeness (QED) is 0.307. The van der Waals surface area contributed by atoms with Gasteiger partial charge in [-0.15, -0.1) is 0 Å². The van der Waals surface area contributed by atoms with Gasteiger partial charge in [-0.25, -0.2) is 9.18 Å². The average molecular weight is 363 g/mol. The predicted octanol–water partition coefficient (Wildman–Crippen LogP) is 1.35. The summed E-state index contributed by atoms with van der Waals surface area (Å²) in [7, 11) is 1.57. The number of hydrogen-bond acceptors (Lipinski definition) is 4. The van der Waals surface area contributed by atoms with Gasteiger partial charge in [0.15, 0.2) is 11.7 Å². The number of rotatable bonds is 6. The van der Waals surface area contributed by atoms with Crippen LogP contribution in [0.1, 0.15) is 29.6 Å². The second-order valence-electron chi connectivity index (χ2n) is 6.33. The van der Waals surface area contributed by atoms with Crippen molar-refractivity contribution in [3.63, 3.8) is 0 Å². The molecule has 1 aliphatic rings. The summed E-state index contributed by atoms with van der Waals surface area (Å²) < 4.78 is 13.0. The van der Waals surface area contributed by atoms with Gasteiger partial charge in [0.1, 0.15) is 5.82 Å². The van der Waals surface area contributed by atoms with Crippen LogP contribution in [0.15, 0.2) is 29.3 Å². The Morgan fingerprint density at radius 1 is 1.27 bits per heavy atom. The van der Waals surface area contributed by atoms with E-state index in [4.69, 9.17) is 5.73 Å². The summed E-state index contributed by atoms with van der Waals surface area (Å²) in [6.07, 6.45) is 2.51. The zero-order valence-electron chi connectivity index (χ0n) is 15.0. The standard InChI is InChI=1S/C18H26FN5O2/c1-21-18(23-17(20)26)22-9-2-10-24-11-7-14(8-12-24)16(25)13-3-5-15(19)6-4-13/h3-6,14H,2,7-12H2,1H3,(H4,20,21,22,23,26). The number of hydrogen-bond donors (Lipinski definition) is 3. The van der Waals surface area contributed by atoms with E-state index in [9.17, 15) is 14.0 Å². The summed E-state index contributed by atoms with van der Waals surface area (Å²) in [5.74, 6) is 0.148. The molecule has 0 spiro atoms. The Morgan fingerprint density at radius 3 is 2.50 bits per heavy atom. The molecule has 1 saturated heterocycles. The van der Waals surface area contributed by atoms with Crippen molar-refractivity contribution in [2.24, 2.45) is 16.6 Å². The van der Waals surface area contributed by atoms with Crippen LogP contribution in [-0.4, -0.2) is 55.9 Å². The minimum Gasteiger partial charge on any atom is -0.356 e. The van der Waals surface area contributed by atoms with E-state index in [1.165, 1.54) is 12.1 Å². The fourth-order valence-corrected chi connectivity index (χ4v) is 3.07. The number of nitrogens with zero attached hydrogens (tertiary/aromatic N) is 2. The van der Waals surface area contributed by atoms with E-state index >= 15 is 0 Å². The summed E-state index contributed by atoms with van der Waals surface area (Å²) in [5.41, 5.74) is 5.64. The highest BCUT2D eigenvalue weighted by molar-refractivity contribution is 5.97. The van der Waals surface area contributed by atoms with Gasteiger partial charge >= 0.3 is 6.03 Å². The number of piperidine rings is 1. The molecule has 0 aliphatic carbocycles. The van der Waals surface area contributed by atoms with Crippen LogP contribution in [0.5, 0.6) is 0 Å². The number of carbonyl (C=O) groups is 2. The topological polar surface area (TPSA) is 99.8 Å². The van der Waals surface area contributed by atoms with Crippen LogP contribution < -0.4 is 16.4 Å². The third-order valence-electron chi connectivity index (χ3n) is 4.50. The van der Waals surface area contributed by atoms with Gasteiger partial charge in [0.25, 0.3) is 0 Å². The Balaban J connectivity index is 1.67. The van der Waals surface area contributed by atoms with Crippen molar-refractivity contribution in [2.45, 2.75) is 19.3 Å². The SMILES string of the molecule is CN=C(NCCCN1CCC(C(=O)c2ccc(F)cc2)CC1)NC(N)=O. The molecule has 26 heavy (non-hydrogen) atoms. The van der Waals surface area contributed by atoms with Gasteiger partial charge in [0.05, 0.1) is 0 Å². The molecular weight excluding hydrogens is 337 g/mol. The molecule has 0 aromatic heterocycles. The molecule has 8 heteroatoms. The predicted molar refractivity (Wildman–Crippen MR) is 98.6 cm³/mol. The van der Waals surface area contributed by atoms with Gasteiger partial charge in [-0.05, 0) is 63.2 Å². The first-order chi connectivity index (χ1) is 12.5. The van der Waals surface area contributed by atoms with Crippen LogP contribution in [-0.2, 0) is 0 Å². The first-order valence-electron chi connectivity index (χ1n) is 8.79. The summed E-state index contributed by atoms with van der Waals surface area (Å²) in [5, 5.41) is 5.43. The third kappa shape index (κ3) is 6.11. The minimum atomic E-state index is -0.647. The van der Waals surface area contributed by atoms with E-state index in [1.54, 1.807) is 19.2 Å². The molecule has 7 nitrogen and oxygen atoms in total. The van der Waals surface area contributed by atoms with Gasteiger partial charge in [-0.3, -0.25) is 15.1 Å². The lowest BCUT2D eigenvalue weighted by Crippen LogP contribution is -2.44. The number of likely N-dealkylation sites (tertiary alicyclic amines) is 1. The van der Waals surface area contributed by atoms with Crippen LogP contribution in [0.25, 0.3) is 0 Å². The number of guanidine groups is 1. The van der Waals surface area contributed by atoms with Crippen LogP contribution >= 0.6 is 0 Å². The zero-order valence-corrected chi connectivity index (χ0v) is 15.0. The Labute approximate surface area is 152 Å². The number of urea groups is 1. The van der Waals surface area contributed by atoms with Gasteiger partial charge in [-0.2, -0.15) is 0 Å². The number of halogens is 1. The van der Waals surface area contributed by atoms with Crippen molar-refractivity contribution in [1.29, 1.82) is 0 Å². The second-order valence-corrected chi connectivity index (χ2v) is 6.33. The Kier molecular flexibility index (Phi) is 7.53. The summed E-state index contributed by atoms with van der Waals surface area (Å²) in [4.78, 5) is 29.5. The van der Waals surface area contributed by atoms with Crippen molar-refractivity contribution >= 4 is 17.8 Å². The van der Waals surface area contributed by atoms with Crippen molar-refractivity contribution in [2.75, 3.05) is 33.2 Å². The van der Waals surface area contributed by atoms with E-state index in [-0.39, 0.29) is 17.5 Å². The summed E-state index contributed by atoms with van der Waals surface area (Å²) in [6, 6.07) is 5.13. The molecule has 1 aliphatic heterocycles. The van der Waals surface area contributed by atoms with E-state index in [0.29, 0.717) is 18.1 Å². The fraction of sp³-hybridized carbons (Fsp3) is 0.500. The molecule has 2 rings (SSSR count). The molecule has 1 fully saturated rings. The second kappa shape index (κ2) is 9.86. The molecule has 1 heterocycles. The fourth-order valence-electron chi connectivity index (χ4n) is 3.07. The molecule has 0 bridgehead atoms. The summed E-state index contributed by atoms with van der Waals surface area (Å²) >= 11 is 0. The van der Waals surface area contributed by atoms with Crippen molar-refractivity contribution in [3.8, 4) is 0 Å². The van der Waals surface area contributed by atoms with Crippen molar-refractivity contribution in [1.82, 2.24) is 15.5 Å². The van der Waals surface area contributed by atoms with Gasteiger partial charge in [0, 0.05) is 25.1 Å². The van der Waals surface area contributed by atoms with E-state index in [0.717, 1.165) is 38.9 Å². The van der Waals surface area contributed by atoms with E-state index in [2.05, 4.69) is 20.5 Å². The first-order valence-corrected chi connectivity index (χ1v) is 8.79. The van der Waals surface area contributed by atoms with E-state index < -0.39 is 6.03 Å². The zero-order chi connectivity index (χ0) is 18.9. The number of nitrogens with two attached hydrogens (primary N) is 1. The number of nitrogens with one attached hydrogen (secondary N) is 2. The molecule has 0 atom stereocenters. The third-order valence-corrected chi connectivity index (χ3v) is 4.50. The Morgan fingerprint density at radius 2 is 1.92 bits per heavy atom. The normalized spacial score (nSPS) is 16.3. The molecule has 4 N–H and O–H groups in total. The lowest BCUT2D eigenvalue weighted by Gasteiger charge is -2.31. The number of amides is 2. The number of primary amides is 1. The van der Waals surface area contributed by atoms with Crippen LogP contribution in [0.3, 0.4) is 0 Å². The highest BCUT2D eigenvalue weighted by Gasteiger charge is 2.25. The molecule has 1 aromatic rings. The Hall–Kier alpha value is -2.48. The van der Waals surface area contributed by atoms with Crippen molar-refractivity contribution in [3.05, 3.63) is 35.6 Å². The number of benzene rings is 1. The van der Waals surface area contributed by atoms with Crippen LogP contribution in [0, 0.1) is 11.7 Å². The first kappa shape index (κ1) is 19.8. The molecule has 142 valence electrons. The maximum absolute atomic E-state index is 13.0. The molecule has 1 aromatic carbocycles. The van der Waals surface area contributed by atoms with Crippen LogP contribution in [0.2, 0.25) is 0 Å². The Bertz CT molecular complexity index is 639. The average Bonchev–Trinajstić information content (AvgIpc) is 2.64. The maximum Gasteiger partial charge on any atom is 0.318 e. The summed E-state index contributed by atoms with van der Waals surface area (Å²) in [6.45, 7) is 3.30. The van der Waals surface area contributed by atoms with Crippen molar-refractivity contribution < 1.29 is 14.0 Å². The maximum atomic E-state index is 13.0. The number of aliphatic imine (C=N–C) groups is 1. The monoisotopic (exact) mass is 363 g/mol. The van der Waals surface area contributed by atoms with Gasteiger partial charge in [-0.1, -0.05) is 0 Å². The molecule has 0 unspecified atom stereocenters. The highest BCUT2D eigenvalue weighted by atomic mass is 19.1. The molecule has 0 radical (unpaired) electrons. The smallest absolute Gasteiger partial charge is 0.318 e. The molecule has 0 saturated carbocycles. The number of ketones is 1. The molecule has 2 amide bonds. The van der Waals surface area contributed by atoms with Gasteiger partial charge in [0.2, 0.25) is 0 Å². The van der Waals surface area contributed by atoms with E-state index in [1.807, 2.05) is 0 Å². The van der Waals surface area contributed by atoms with Crippen LogP contribution in [0.4, 0.5) is 9.18 Å². The largest absolute Gasteiger partial charge is 0.356 e. The minimum absolute atomic E-state index is 0.00781. The van der Waals surface area contributed by atoms with Gasteiger partial charge < -0.3 is 16.0 Å². The lowest BCUT2D eigenvalue weighted by molar-refractivity contribution is 0.0839. The highest BCUT2D eigenvalue weighted by Crippen LogP contribution is 2.22. The molecular formula is C18H26FN5O2. The number of carbonyl (C=O) groups excluding carboxylic acids is 2. The lowest BCUT2D eigenvalue weighted by atomic mass is 9.89. The number of Topliss-reactive ketones (excluding diaryl/α,β-unsaturated/α-hetero) is 1.